The van der Waals surface area contributed by atoms with Crippen LogP contribution in [0.4, 0.5) is 10.2 Å². The van der Waals surface area contributed by atoms with E-state index in [2.05, 4.69) is 31.1 Å². The van der Waals surface area contributed by atoms with Crippen molar-refractivity contribution in [3.05, 3.63) is 61.8 Å². The minimum Gasteiger partial charge on any atom is -0.367 e. The normalized spacial score (nSPS) is 11.3. The number of nitrogens with one attached hydrogen (secondary N) is 4. The highest BCUT2D eigenvalue weighted by atomic mass is 19.1. The van der Waals surface area contributed by atoms with E-state index in [4.69, 9.17) is 5.41 Å². The Bertz CT molecular complexity index is 845. The average Bonchev–Trinajstić information content (AvgIpc) is 2.51. The highest BCUT2D eigenvalue weighted by Crippen LogP contribution is 2.22. The first kappa shape index (κ1) is 17.7. The number of hydrogen-bond donors (Lipinski definition) is 4. The van der Waals surface area contributed by atoms with Crippen molar-refractivity contribution in [3.63, 3.8) is 0 Å². The van der Waals surface area contributed by atoms with Crippen LogP contribution >= 0.6 is 0 Å². The smallest absolute Gasteiger partial charge is 0.327 e. The number of benzene rings is 1. The summed E-state index contributed by atoms with van der Waals surface area (Å²) in [6.45, 7) is 5.60. The maximum absolute atomic E-state index is 12.8. The minimum atomic E-state index is -1.09. The van der Waals surface area contributed by atoms with Crippen LogP contribution in [0.1, 0.15) is 37.5 Å². The van der Waals surface area contributed by atoms with Crippen molar-refractivity contribution in [1.29, 1.82) is 5.41 Å². The molecule has 0 spiro atoms. The van der Waals surface area contributed by atoms with E-state index in [9.17, 15) is 14.0 Å². The molecule has 0 aliphatic carbocycles. The van der Waals surface area contributed by atoms with E-state index in [0.29, 0.717) is 6.54 Å². The molecular weight excluding hydrogens is 311 g/mol. The molecule has 0 unspecified atom stereocenters. The first-order valence-corrected chi connectivity index (χ1v) is 7.56. The molecule has 0 saturated heterocycles. The zero-order chi connectivity index (χ0) is 17.9. The summed E-state index contributed by atoms with van der Waals surface area (Å²) < 4.78 is 12.8. The van der Waals surface area contributed by atoms with Gasteiger partial charge in [0.25, 0.3) is 5.56 Å². The van der Waals surface area contributed by atoms with Gasteiger partial charge in [0, 0.05) is 6.54 Å². The number of aromatic amines is 2. The van der Waals surface area contributed by atoms with Gasteiger partial charge in [0.1, 0.15) is 18.1 Å². The first-order valence-electron chi connectivity index (χ1n) is 7.56. The quantitative estimate of drug-likeness (QED) is 0.632. The van der Waals surface area contributed by atoms with Gasteiger partial charge in [0.2, 0.25) is 0 Å². The Morgan fingerprint density at radius 1 is 1.17 bits per heavy atom. The molecule has 128 valence electrons. The van der Waals surface area contributed by atoms with Gasteiger partial charge in [0.05, 0.1) is 5.71 Å². The third-order valence-electron chi connectivity index (χ3n) is 3.67. The lowest BCUT2D eigenvalue weighted by Gasteiger charge is -2.19. The van der Waals surface area contributed by atoms with Crippen molar-refractivity contribution in [2.45, 2.75) is 32.7 Å². The Morgan fingerprint density at radius 3 is 2.33 bits per heavy atom. The van der Waals surface area contributed by atoms with Gasteiger partial charge in [0.15, 0.2) is 0 Å². The van der Waals surface area contributed by atoms with Crippen molar-refractivity contribution < 1.29 is 4.39 Å². The maximum atomic E-state index is 12.8. The molecule has 0 aliphatic heterocycles. The monoisotopic (exact) mass is 332 g/mol. The summed E-state index contributed by atoms with van der Waals surface area (Å²) >= 11 is 0. The fourth-order valence-electron chi connectivity index (χ4n) is 2.29. The van der Waals surface area contributed by atoms with E-state index in [1.54, 1.807) is 0 Å². The summed E-state index contributed by atoms with van der Waals surface area (Å²) in [5, 5.41) is 10.5. The van der Waals surface area contributed by atoms with Gasteiger partial charge in [-0.1, -0.05) is 45.0 Å². The van der Waals surface area contributed by atoms with Crippen molar-refractivity contribution in [1.82, 2.24) is 9.97 Å². The Morgan fingerprint density at radius 2 is 1.79 bits per heavy atom. The zero-order valence-electron chi connectivity index (χ0n) is 13.9. The topological polar surface area (TPSA) is 102 Å². The highest BCUT2D eigenvalue weighted by Gasteiger charge is 2.15. The molecule has 24 heavy (non-hydrogen) atoms. The van der Waals surface area contributed by atoms with Gasteiger partial charge in [-0.3, -0.25) is 14.8 Å². The van der Waals surface area contributed by atoms with Crippen molar-refractivity contribution >= 4 is 11.5 Å². The average molecular weight is 332 g/mol. The molecular formula is C17H21FN4O2. The van der Waals surface area contributed by atoms with Gasteiger partial charge in [-0.15, -0.1) is 0 Å². The second kappa shape index (κ2) is 6.82. The van der Waals surface area contributed by atoms with Crippen LogP contribution in [0.5, 0.6) is 0 Å². The summed E-state index contributed by atoms with van der Waals surface area (Å²) in [5.74, 6) is 0.0475. The molecule has 1 aromatic heterocycles. The van der Waals surface area contributed by atoms with E-state index in [1.807, 2.05) is 29.2 Å². The zero-order valence-corrected chi connectivity index (χ0v) is 13.9. The number of anilines is 1. The second-order valence-corrected chi connectivity index (χ2v) is 6.57. The fraction of sp³-hybridized carbons (Fsp3) is 0.353. The molecule has 0 saturated carbocycles. The predicted octanol–water partition coefficient (Wildman–Crippen LogP) is 2.31. The standard InChI is InChI=1S/C17H21FN4O2/c1-17(2,3)11-6-4-10(5-7-11)9-20-14-13(12(19)8-18)15(23)22-16(24)21-14/h4-7,19H,8-9H2,1-3H3,(H3,20,21,22,23,24). The third kappa shape index (κ3) is 3.98. The summed E-state index contributed by atoms with van der Waals surface area (Å²) in [7, 11) is 0. The maximum Gasteiger partial charge on any atom is 0.327 e. The number of H-pyrrole nitrogens is 2. The summed E-state index contributed by atoms with van der Waals surface area (Å²) in [6.07, 6.45) is 0. The summed E-state index contributed by atoms with van der Waals surface area (Å²) in [6, 6.07) is 7.92. The van der Waals surface area contributed by atoms with Crippen molar-refractivity contribution in [3.8, 4) is 0 Å². The van der Waals surface area contributed by atoms with Crippen LogP contribution in [0.2, 0.25) is 0 Å². The molecule has 1 aromatic carbocycles. The Balaban J connectivity index is 2.25. The third-order valence-corrected chi connectivity index (χ3v) is 3.67. The summed E-state index contributed by atoms with van der Waals surface area (Å²) in [4.78, 5) is 27.6. The molecule has 1 heterocycles. The Labute approximate surface area is 138 Å². The number of rotatable bonds is 5. The van der Waals surface area contributed by atoms with E-state index in [1.165, 1.54) is 5.56 Å². The number of halogens is 1. The molecule has 0 fully saturated rings. The molecule has 2 rings (SSSR count). The van der Waals surface area contributed by atoms with E-state index < -0.39 is 23.6 Å². The van der Waals surface area contributed by atoms with Crippen molar-refractivity contribution in [2.75, 3.05) is 12.0 Å². The fourth-order valence-corrected chi connectivity index (χ4v) is 2.29. The first-order chi connectivity index (χ1) is 11.2. The molecule has 0 radical (unpaired) electrons. The Hall–Kier alpha value is -2.70. The van der Waals surface area contributed by atoms with Crippen LogP contribution in [0.25, 0.3) is 0 Å². The number of alkyl halides is 1. The van der Waals surface area contributed by atoms with E-state index in [-0.39, 0.29) is 16.8 Å². The van der Waals surface area contributed by atoms with Crippen LogP contribution in [-0.4, -0.2) is 22.4 Å². The molecule has 0 amide bonds. The van der Waals surface area contributed by atoms with Gasteiger partial charge in [-0.2, -0.15) is 0 Å². The van der Waals surface area contributed by atoms with Crippen molar-refractivity contribution in [2.24, 2.45) is 0 Å². The molecule has 0 aliphatic rings. The van der Waals surface area contributed by atoms with Gasteiger partial charge >= 0.3 is 5.69 Å². The summed E-state index contributed by atoms with van der Waals surface area (Å²) in [5.41, 5.74) is -0.000143. The number of aromatic nitrogens is 2. The Kier molecular flexibility index (Phi) is 5.02. The van der Waals surface area contributed by atoms with Gasteiger partial charge in [-0.25, -0.2) is 9.18 Å². The van der Waals surface area contributed by atoms with Crippen LogP contribution in [0, 0.1) is 5.41 Å². The van der Waals surface area contributed by atoms with E-state index >= 15 is 0 Å². The minimum absolute atomic E-state index is 0.0475. The van der Waals surface area contributed by atoms with Crippen LogP contribution in [0.15, 0.2) is 33.9 Å². The molecule has 4 N–H and O–H groups in total. The van der Waals surface area contributed by atoms with Gasteiger partial charge in [-0.05, 0) is 16.5 Å². The SMILES string of the molecule is CC(C)(C)c1ccc(CNc2[nH]c(=O)[nH]c(=O)c2C(=N)CF)cc1. The van der Waals surface area contributed by atoms with Crippen LogP contribution < -0.4 is 16.6 Å². The van der Waals surface area contributed by atoms with Gasteiger partial charge < -0.3 is 10.7 Å². The molecule has 0 atom stereocenters. The second-order valence-electron chi connectivity index (χ2n) is 6.57. The lowest BCUT2D eigenvalue weighted by atomic mass is 9.87. The largest absolute Gasteiger partial charge is 0.367 e. The molecule has 7 heteroatoms. The predicted molar refractivity (Wildman–Crippen MR) is 93.0 cm³/mol. The lowest BCUT2D eigenvalue weighted by molar-refractivity contribution is 0.580. The molecule has 6 nitrogen and oxygen atoms in total. The highest BCUT2D eigenvalue weighted by molar-refractivity contribution is 6.02. The lowest BCUT2D eigenvalue weighted by Crippen LogP contribution is -2.30. The van der Waals surface area contributed by atoms with E-state index in [0.717, 1.165) is 5.56 Å². The van der Waals surface area contributed by atoms with Crippen LogP contribution in [0.3, 0.4) is 0 Å². The molecule has 0 bridgehead atoms. The molecule has 2 aromatic rings. The number of hydrogen-bond acceptors (Lipinski definition) is 4. The van der Waals surface area contributed by atoms with Crippen LogP contribution in [-0.2, 0) is 12.0 Å².